The average molecular weight is 303 g/mol. The molecule has 0 fully saturated rings. The van der Waals surface area contributed by atoms with Gasteiger partial charge in [-0.1, -0.05) is 23.1 Å². The number of anilines is 2. The van der Waals surface area contributed by atoms with Gasteiger partial charge in [-0.15, -0.1) is 10.2 Å². The summed E-state index contributed by atoms with van der Waals surface area (Å²) in [5.74, 6) is 0. The monoisotopic (exact) mass is 303 g/mol. The zero-order chi connectivity index (χ0) is 14.1. The summed E-state index contributed by atoms with van der Waals surface area (Å²) in [6.45, 7) is 0. The highest BCUT2D eigenvalue weighted by Gasteiger charge is 2.10. The Morgan fingerprint density at radius 3 is 2.75 bits per heavy atom. The summed E-state index contributed by atoms with van der Waals surface area (Å²) in [4.78, 5) is 7.22. The molecule has 0 saturated heterocycles. The van der Waals surface area contributed by atoms with Crippen molar-refractivity contribution in [1.82, 2.24) is 15.2 Å². The number of nitrogens with zero attached hydrogens (tertiary/aromatic N) is 4. The van der Waals surface area contributed by atoms with Gasteiger partial charge in [-0.05, 0) is 18.2 Å². The summed E-state index contributed by atoms with van der Waals surface area (Å²) in [6, 6.07) is 5.85. The van der Waals surface area contributed by atoms with Crippen LogP contribution in [0.25, 0.3) is 10.8 Å². The minimum Gasteiger partial charge on any atom is -0.398 e. The third kappa shape index (κ3) is 2.41. The van der Waals surface area contributed by atoms with Gasteiger partial charge < -0.3 is 10.6 Å². The minimum atomic E-state index is 0.762. The molecule has 3 rings (SSSR count). The molecule has 0 aliphatic heterocycles. The van der Waals surface area contributed by atoms with Crippen LogP contribution in [0.15, 0.2) is 39.8 Å². The lowest BCUT2D eigenvalue weighted by Crippen LogP contribution is -2.07. The van der Waals surface area contributed by atoms with Crippen LogP contribution in [0.1, 0.15) is 0 Å². The third-order valence-corrected chi connectivity index (χ3v) is 5.01. The van der Waals surface area contributed by atoms with Crippen molar-refractivity contribution in [3.05, 3.63) is 30.6 Å². The smallest absolute Gasteiger partial charge is 0.208 e. The van der Waals surface area contributed by atoms with Crippen LogP contribution in [-0.4, -0.2) is 29.3 Å². The topological polar surface area (TPSA) is 67.9 Å². The number of rotatable bonds is 3. The summed E-state index contributed by atoms with van der Waals surface area (Å²) in [5, 5.41) is 11.3. The fourth-order valence-electron chi connectivity index (χ4n) is 1.80. The van der Waals surface area contributed by atoms with Gasteiger partial charge in [-0.25, -0.2) is 0 Å². The number of benzene rings is 1. The van der Waals surface area contributed by atoms with Gasteiger partial charge in [0.1, 0.15) is 0 Å². The second kappa shape index (κ2) is 5.26. The van der Waals surface area contributed by atoms with Crippen molar-refractivity contribution in [3.8, 4) is 0 Å². The van der Waals surface area contributed by atoms with Crippen molar-refractivity contribution in [3.63, 3.8) is 0 Å². The quantitative estimate of drug-likeness (QED) is 0.750. The molecule has 0 radical (unpaired) electrons. The van der Waals surface area contributed by atoms with Crippen LogP contribution in [0.4, 0.5) is 10.8 Å². The molecule has 7 heteroatoms. The predicted molar refractivity (Wildman–Crippen MR) is 84.5 cm³/mol. The molecule has 0 aliphatic rings. The van der Waals surface area contributed by atoms with Crippen LogP contribution in [-0.2, 0) is 0 Å². The second-order valence-corrected chi connectivity index (χ2v) is 6.67. The van der Waals surface area contributed by atoms with Gasteiger partial charge in [0, 0.05) is 47.8 Å². The van der Waals surface area contributed by atoms with Gasteiger partial charge >= 0.3 is 0 Å². The number of aromatic nitrogens is 3. The van der Waals surface area contributed by atoms with E-state index in [2.05, 4.69) is 15.2 Å². The SMILES string of the molecule is CN(C)c1nnc(Sc2ccc(N)c3ccncc23)s1. The molecule has 0 amide bonds. The Balaban J connectivity index is 2.00. The molecule has 0 saturated carbocycles. The zero-order valence-corrected chi connectivity index (χ0v) is 12.7. The molecule has 3 aromatic rings. The normalized spacial score (nSPS) is 10.9. The Labute approximate surface area is 124 Å². The van der Waals surface area contributed by atoms with E-state index in [1.807, 2.05) is 43.4 Å². The van der Waals surface area contributed by atoms with Crippen molar-refractivity contribution in [1.29, 1.82) is 0 Å². The highest BCUT2D eigenvalue weighted by molar-refractivity contribution is 8.01. The molecular formula is C13H13N5S2. The van der Waals surface area contributed by atoms with E-state index >= 15 is 0 Å². The molecule has 1 aromatic carbocycles. The predicted octanol–water partition coefficient (Wildman–Crippen LogP) is 2.89. The summed E-state index contributed by atoms with van der Waals surface area (Å²) >= 11 is 3.15. The van der Waals surface area contributed by atoms with Crippen molar-refractivity contribution < 1.29 is 0 Å². The number of hydrogen-bond donors (Lipinski definition) is 1. The first-order chi connectivity index (χ1) is 9.65. The zero-order valence-electron chi connectivity index (χ0n) is 11.1. The van der Waals surface area contributed by atoms with E-state index in [-0.39, 0.29) is 0 Å². The van der Waals surface area contributed by atoms with Gasteiger partial charge in [-0.2, -0.15) is 0 Å². The molecule has 2 aromatic heterocycles. The lowest BCUT2D eigenvalue weighted by molar-refractivity contribution is 0.973. The maximum absolute atomic E-state index is 5.99. The van der Waals surface area contributed by atoms with E-state index in [4.69, 9.17) is 5.73 Å². The van der Waals surface area contributed by atoms with Crippen molar-refractivity contribution >= 4 is 44.7 Å². The fourth-order valence-corrected chi connectivity index (χ4v) is 3.64. The molecule has 2 N–H and O–H groups in total. The number of fused-ring (bicyclic) bond motifs is 1. The minimum absolute atomic E-state index is 0.762. The Bertz CT molecular complexity index is 753. The van der Waals surface area contributed by atoms with Crippen LogP contribution in [0.3, 0.4) is 0 Å². The molecule has 0 unspecified atom stereocenters. The molecule has 20 heavy (non-hydrogen) atoms. The Morgan fingerprint density at radius 2 is 2.00 bits per heavy atom. The van der Waals surface area contributed by atoms with Crippen LogP contribution >= 0.6 is 23.1 Å². The van der Waals surface area contributed by atoms with Gasteiger partial charge in [0.05, 0.1) is 0 Å². The van der Waals surface area contributed by atoms with Crippen molar-refractivity contribution in [2.45, 2.75) is 9.24 Å². The molecule has 0 spiro atoms. The highest BCUT2D eigenvalue weighted by atomic mass is 32.2. The van der Waals surface area contributed by atoms with Crippen LogP contribution in [0.2, 0.25) is 0 Å². The summed E-state index contributed by atoms with van der Waals surface area (Å²) < 4.78 is 0.906. The Kier molecular flexibility index (Phi) is 3.45. The van der Waals surface area contributed by atoms with E-state index in [9.17, 15) is 0 Å². The Hall–Kier alpha value is -1.86. The lowest BCUT2D eigenvalue weighted by atomic mass is 10.1. The molecule has 5 nitrogen and oxygen atoms in total. The molecule has 2 heterocycles. The summed E-state index contributed by atoms with van der Waals surface area (Å²) in [5.41, 5.74) is 6.76. The first kappa shape index (κ1) is 13.1. The lowest BCUT2D eigenvalue weighted by Gasteiger charge is -2.06. The maximum atomic E-state index is 5.99. The van der Waals surface area contributed by atoms with Crippen molar-refractivity contribution in [2.24, 2.45) is 0 Å². The van der Waals surface area contributed by atoms with Gasteiger partial charge in [0.2, 0.25) is 5.13 Å². The van der Waals surface area contributed by atoms with Gasteiger partial charge in [0.15, 0.2) is 4.34 Å². The molecule has 0 aliphatic carbocycles. The Morgan fingerprint density at radius 1 is 1.15 bits per heavy atom. The molecule has 0 bridgehead atoms. The molecular weight excluding hydrogens is 290 g/mol. The highest BCUT2D eigenvalue weighted by Crippen LogP contribution is 2.37. The first-order valence-electron chi connectivity index (χ1n) is 5.96. The van der Waals surface area contributed by atoms with Crippen molar-refractivity contribution in [2.75, 3.05) is 24.7 Å². The largest absolute Gasteiger partial charge is 0.398 e. The third-order valence-electron chi connectivity index (χ3n) is 2.79. The maximum Gasteiger partial charge on any atom is 0.208 e. The van der Waals surface area contributed by atoms with E-state index in [1.165, 1.54) is 0 Å². The van der Waals surface area contributed by atoms with E-state index < -0.39 is 0 Å². The number of hydrogen-bond acceptors (Lipinski definition) is 7. The van der Waals surface area contributed by atoms with Gasteiger partial charge in [-0.3, -0.25) is 4.98 Å². The summed E-state index contributed by atoms with van der Waals surface area (Å²) in [7, 11) is 3.91. The number of nitrogen functional groups attached to an aromatic ring is 1. The standard InChI is InChI=1S/C13H13N5S2/c1-18(2)12-16-17-13(20-12)19-11-4-3-10(14)8-5-6-15-7-9(8)11/h3-7H,14H2,1-2H3. The van der Waals surface area contributed by atoms with Crippen LogP contribution in [0, 0.1) is 0 Å². The summed E-state index contributed by atoms with van der Waals surface area (Å²) in [6.07, 6.45) is 3.59. The number of nitrogens with two attached hydrogens (primary N) is 1. The van der Waals surface area contributed by atoms with Gasteiger partial charge in [0.25, 0.3) is 0 Å². The first-order valence-corrected chi connectivity index (χ1v) is 7.59. The van der Waals surface area contributed by atoms with E-state index in [0.29, 0.717) is 0 Å². The fraction of sp³-hybridized carbons (Fsp3) is 0.154. The molecule has 102 valence electrons. The number of pyridine rings is 1. The molecule has 0 atom stereocenters. The van der Waals surface area contributed by atoms with E-state index in [0.717, 1.165) is 30.8 Å². The second-order valence-electron chi connectivity index (χ2n) is 4.42. The van der Waals surface area contributed by atoms with Crippen LogP contribution in [0.5, 0.6) is 0 Å². The van der Waals surface area contributed by atoms with Crippen LogP contribution < -0.4 is 10.6 Å². The average Bonchev–Trinajstić information content (AvgIpc) is 2.91. The van der Waals surface area contributed by atoms with E-state index in [1.54, 1.807) is 29.3 Å².